The van der Waals surface area contributed by atoms with E-state index in [-0.39, 0.29) is 5.82 Å². The normalized spacial score (nSPS) is 13.7. The molecule has 1 aliphatic heterocycles. The summed E-state index contributed by atoms with van der Waals surface area (Å²) < 4.78 is 13.4. The molecule has 3 rings (SSSR count). The molecule has 2 aromatic rings. The molecule has 0 spiro atoms. The van der Waals surface area contributed by atoms with Gasteiger partial charge in [-0.15, -0.1) is 0 Å². The molecule has 3 nitrogen and oxygen atoms in total. The third-order valence-electron chi connectivity index (χ3n) is 3.37. The molecule has 0 atom stereocenters. The average molecular weight is 278 g/mol. The lowest BCUT2D eigenvalue weighted by atomic mass is 10.1. The maximum Gasteiger partial charge on any atom is 0.152 e. The number of nitrogens with two attached hydrogens (primary N) is 1. The number of aromatic nitrogens is 1. The van der Waals surface area contributed by atoms with Crippen molar-refractivity contribution in [3.8, 4) is 0 Å². The highest BCUT2D eigenvalue weighted by Gasteiger charge is 2.24. The Morgan fingerprint density at radius 2 is 2.21 bits per heavy atom. The molecule has 5 heteroatoms. The van der Waals surface area contributed by atoms with Gasteiger partial charge in [0.1, 0.15) is 5.82 Å². The highest BCUT2D eigenvalue weighted by molar-refractivity contribution is 6.33. The minimum atomic E-state index is -0.253. The molecule has 0 bridgehead atoms. The Balaban J connectivity index is 2.09. The van der Waals surface area contributed by atoms with Gasteiger partial charge in [-0.3, -0.25) is 0 Å². The molecule has 0 unspecified atom stereocenters. The number of fused-ring (bicyclic) bond motifs is 1. The molecule has 0 saturated heterocycles. The number of hydrogen-bond acceptors (Lipinski definition) is 3. The van der Waals surface area contributed by atoms with Gasteiger partial charge in [0.15, 0.2) is 5.82 Å². The molecule has 1 aromatic heterocycles. The van der Waals surface area contributed by atoms with E-state index in [9.17, 15) is 4.39 Å². The summed E-state index contributed by atoms with van der Waals surface area (Å²) in [6.07, 6.45) is 2.54. The van der Waals surface area contributed by atoms with Gasteiger partial charge in [0, 0.05) is 25.0 Å². The minimum Gasteiger partial charge on any atom is -0.326 e. The van der Waals surface area contributed by atoms with Crippen LogP contribution >= 0.6 is 11.6 Å². The van der Waals surface area contributed by atoms with E-state index in [1.54, 1.807) is 12.3 Å². The van der Waals surface area contributed by atoms with E-state index in [4.69, 9.17) is 17.3 Å². The standard InChI is InChI=1S/C14H13ClFN3/c15-13-10(8-17)3-5-18-14(13)19-6-4-9-1-2-11(16)7-12(9)19/h1-3,5,7H,4,6,8,17H2. The highest BCUT2D eigenvalue weighted by Crippen LogP contribution is 2.38. The van der Waals surface area contributed by atoms with Crippen LogP contribution in [0.25, 0.3) is 0 Å². The second-order valence-corrected chi connectivity index (χ2v) is 4.86. The topological polar surface area (TPSA) is 42.1 Å². The Bertz CT molecular complexity index is 630. The number of pyridine rings is 1. The zero-order chi connectivity index (χ0) is 13.4. The highest BCUT2D eigenvalue weighted by atomic mass is 35.5. The lowest BCUT2D eigenvalue weighted by Crippen LogP contribution is -2.16. The quantitative estimate of drug-likeness (QED) is 0.917. The fourth-order valence-corrected chi connectivity index (χ4v) is 2.68. The largest absolute Gasteiger partial charge is 0.326 e. The maximum absolute atomic E-state index is 13.4. The SMILES string of the molecule is NCc1ccnc(N2CCc3ccc(F)cc32)c1Cl. The third-order valence-corrected chi connectivity index (χ3v) is 3.78. The Kier molecular flexibility index (Phi) is 3.12. The van der Waals surface area contributed by atoms with E-state index in [0.29, 0.717) is 17.4 Å². The van der Waals surface area contributed by atoms with E-state index in [2.05, 4.69) is 4.98 Å². The van der Waals surface area contributed by atoms with Crippen molar-refractivity contribution in [2.45, 2.75) is 13.0 Å². The van der Waals surface area contributed by atoms with Crippen molar-refractivity contribution in [1.29, 1.82) is 0 Å². The Morgan fingerprint density at radius 1 is 1.37 bits per heavy atom. The number of nitrogens with zero attached hydrogens (tertiary/aromatic N) is 2. The molecule has 0 aliphatic carbocycles. The first-order valence-corrected chi connectivity index (χ1v) is 6.48. The van der Waals surface area contributed by atoms with Gasteiger partial charge in [0.2, 0.25) is 0 Å². The van der Waals surface area contributed by atoms with Crippen LogP contribution in [0.2, 0.25) is 5.02 Å². The molecule has 1 aliphatic rings. The number of benzene rings is 1. The first kappa shape index (κ1) is 12.4. The summed E-state index contributed by atoms with van der Waals surface area (Å²) in [4.78, 5) is 6.26. The molecule has 19 heavy (non-hydrogen) atoms. The molecule has 0 radical (unpaired) electrons. The summed E-state index contributed by atoms with van der Waals surface area (Å²) in [6.45, 7) is 1.11. The van der Waals surface area contributed by atoms with E-state index in [1.807, 2.05) is 11.0 Å². The van der Waals surface area contributed by atoms with Crippen LogP contribution in [-0.2, 0) is 13.0 Å². The first-order valence-electron chi connectivity index (χ1n) is 6.10. The lowest BCUT2D eigenvalue weighted by molar-refractivity contribution is 0.628. The summed E-state index contributed by atoms with van der Waals surface area (Å²) in [5.74, 6) is 0.394. The van der Waals surface area contributed by atoms with Gasteiger partial charge in [-0.1, -0.05) is 17.7 Å². The maximum atomic E-state index is 13.4. The molecular weight excluding hydrogens is 265 g/mol. The van der Waals surface area contributed by atoms with Gasteiger partial charge >= 0.3 is 0 Å². The Labute approximate surface area is 115 Å². The van der Waals surface area contributed by atoms with Crippen LogP contribution in [-0.4, -0.2) is 11.5 Å². The van der Waals surface area contributed by atoms with Crippen molar-refractivity contribution in [3.63, 3.8) is 0 Å². The second-order valence-electron chi connectivity index (χ2n) is 4.49. The number of hydrogen-bond donors (Lipinski definition) is 1. The van der Waals surface area contributed by atoms with E-state index in [0.717, 1.165) is 29.8 Å². The summed E-state index contributed by atoms with van der Waals surface area (Å²) in [5.41, 5.74) is 8.44. The molecule has 0 fully saturated rings. The third kappa shape index (κ3) is 2.07. The molecule has 0 saturated carbocycles. The Hall–Kier alpha value is -1.65. The predicted molar refractivity (Wildman–Crippen MR) is 74.2 cm³/mol. The van der Waals surface area contributed by atoms with Crippen LogP contribution in [0.5, 0.6) is 0 Å². The van der Waals surface area contributed by atoms with Crippen molar-refractivity contribution < 1.29 is 4.39 Å². The van der Waals surface area contributed by atoms with Crippen molar-refractivity contribution in [3.05, 3.63) is 52.4 Å². The van der Waals surface area contributed by atoms with Crippen LogP contribution in [0.4, 0.5) is 15.9 Å². The van der Waals surface area contributed by atoms with Crippen LogP contribution < -0.4 is 10.6 Å². The molecule has 0 amide bonds. The van der Waals surface area contributed by atoms with Crippen LogP contribution in [0, 0.1) is 5.82 Å². The zero-order valence-electron chi connectivity index (χ0n) is 10.2. The summed E-state index contributed by atoms with van der Waals surface area (Å²) in [6, 6.07) is 6.61. The predicted octanol–water partition coefficient (Wildman–Crippen LogP) is 3.03. The molecule has 2 heterocycles. The number of halogens is 2. The smallest absolute Gasteiger partial charge is 0.152 e. The van der Waals surface area contributed by atoms with Crippen LogP contribution in [0.15, 0.2) is 30.5 Å². The van der Waals surface area contributed by atoms with Crippen LogP contribution in [0.1, 0.15) is 11.1 Å². The van der Waals surface area contributed by atoms with Gasteiger partial charge in [0.05, 0.1) is 5.02 Å². The second kappa shape index (κ2) is 4.79. The first-order chi connectivity index (χ1) is 9.20. The van der Waals surface area contributed by atoms with E-state index in [1.165, 1.54) is 12.1 Å². The zero-order valence-corrected chi connectivity index (χ0v) is 11.0. The van der Waals surface area contributed by atoms with Gasteiger partial charge < -0.3 is 10.6 Å². The van der Waals surface area contributed by atoms with E-state index >= 15 is 0 Å². The molecule has 98 valence electrons. The number of rotatable bonds is 2. The van der Waals surface area contributed by atoms with Gasteiger partial charge in [-0.25, -0.2) is 9.37 Å². The van der Waals surface area contributed by atoms with Gasteiger partial charge in [-0.2, -0.15) is 0 Å². The van der Waals surface area contributed by atoms with Gasteiger partial charge in [0.25, 0.3) is 0 Å². The molecule has 1 aromatic carbocycles. The van der Waals surface area contributed by atoms with E-state index < -0.39 is 0 Å². The molecule has 2 N–H and O–H groups in total. The monoisotopic (exact) mass is 277 g/mol. The van der Waals surface area contributed by atoms with Gasteiger partial charge in [-0.05, 0) is 35.7 Å². The fourth-order valence-electron chi connectivity index (χ4n) is 2.39. The summed E-state index contributed by atoms with van der Waals surface area (Å²) in [7, 11) is 0. The summed E-state index contributed by atoms with van der Waals surface area (Å²) in [5, 5.41) is 0.544. The van der Waals surface area contributed by atoms with Crippen molar-refractivity contribution in [1.82, 2.24) is 4.98 Å². The van der Waals surface area contributed by atoms with Crippen molar-refractivity contribution in [2.24, 2.45) is 5.73 Å². The van der Waals surface area contributed by atoms with Crippen LogP contribution in [0.3, 0.4) is 0 Å². The summed E-state index contributed by atoms with van der Waals surface area (Å²) >= 11 is 6.32. The minimum absolute atomic E-state index is 0.253. The lowest BCUT2D eigenvalue weighted by Gasteiger charge is -2.20. The van der Waals surface area contributed by atoms with Crippen molar-refractivity contribution >= 4 is 23.1 Å². The average Bonchev–Trinajstić information content (AvgIpc) is 2.82. The molecular formula is C14H13ClFN3. The Morgan fingerprint density at radius 3 is 3.00 bits per heavy atom. The number of anilines is 2. The van der Waals surface area contributed by atoms with Crippen molar-refractivity contribution in [2.75, 3.05) is 11.4 Å². The fraction of sp³-hybridized carbons (Fsp3) is 0.214.